The molecule has 1 amide bonds. The summed E-state index contributed by atoms with van der Waals surface area (Å²) in [6.45, 7) is 0.486. The molecule has 0 bridgehead atoms. The molecule has 122 valence electrons. The van der Waals surface area contributed by atoms with Gasteiger partial charge in [-0.25, -0.2) is 9.59 Å². The molecule has 0 heterocycles. The maximum atomic E-state index is 11.7. The topological polar surface area (TPSA) is 83.1 Å². The minimum atomic E-state index is -0.829. The third-order valence-corrected chi connectivity index (χ3v) is 2.74. The van der Waals surface area contributed by atoms with Crippen LogP contribution in [0.25, 0.3) is 0 Å². The van der Waals surface area contributed by atoms with Crippen LogP contribution in [0.2, 0.25) is 0 Å². The lowest BCUT2D eigenvalue weighted by Gasteiger charge is -2.16. The highest BCUT2D eigenvalue weighted by atomic mass is 16.7. The number of nitrogens with one attached hydrogen (secondary N) is 1. The molecule has 1 N–H and O–H groups in total. The minimum Gasteiger partial charge on any atom is -0.467 e. The molecule has 1 rings (SSSR count). The molecule has 0 aliphatic heterocycles. The van der Waals surface area contributed by atoms with Crippen LogP contribution in [-0.2, 0) is 30.3 Å². The fourth-order valence-electron chi connectivity index (χ4n) is 1.64. The van der Waals surface area contributed by atoms with E-state index in [1.165, 1.54) is 14.2 Å². The van der Waals surface area contributed by atoms with Crippen molar-refractivity contribution in [1.82, 2.24) is 5.32 Å². The molecule has 0 unspecified atom stereocenters. The largest absolute Gasteiger partial charge is 0.467 e. The van der Waals surface area contributed by atoms with Crippen LogP contribution in [0.5, 0.6) is 0 Å². The van der Waals surface area contributed by atoms with Crippen LogP contribution in [0.1, 0.15) is 12.0 Å². The molecule has 0 aliphatic carbocycles. The Morgan fingerprint density at radius 3 is 2.55 bits per heavy atom. The summed E-state index contributed by atoms with van der Waals surface area (Å²) >= 11 is 0. The van der Waals surface area contributed by atoms with Crippen molar-refractivity contribution in [2.75, 3.05) is 27.6 Å². The van der Waals surface area contributed by atoms with E-state index in [1.54, 1.807) is 0 Å². The quantitative estimate of drug-likeness (QED) is 0.422. The smallest absolute Gasteiger partial charge is 0.408 e. The van der Waals surface area contributed by atoms with Gasteiger partial charge in [0.05, 0.1) is 13.7 Å². The van der Waals surface area contributed by atoms with Crippen molar-refractivity contribution < 1.29 is 28.5 Å². The zero-order chi connectivity index (χ0) is 16.2. The van der Waals surface area contributed by atoms with Gasteiger partial charge in [-0.3, -0.25) is 0 Å². The van der Waals surface area contributed by atoms with Gasteiger partial charge in [-0.2, -0.15) is 0 Å². The average molecular weight is 311 g/mol. The normalized spacial score (nSPS) is 11.5. The molecule has 0 saturated heterocycles. The van der Waals surface area contributed by atoms with Gasteiger partial charge in [-0.1, -0.05) is 30.3 Å². The van der Waals surface area contributed by atoms with E-state index in [-0.39, 0.29) is 26.4 Å². The summed E-state index contributed by atoms with van der Waals surface area (Å²) in [7, 11) is 2.75. The number of carbonyl (C=O) groups is 2. The number of amides is 1. The van der Waals surface area contributed by atoms with Gasteiger partial charge in [-0.05, 0) is 5.56 Å². The molecule has 1 aromatic rings. The lowest BCUT2D eigenvalue weighted by molar-refractivity contribution is -0.143. The molecule has 0 fully saturated rings. The van der Waals surface area contributed by atoms with Crippen LogP contribution in [-0.4, -0.2) is 45.7 Å². The van der Waals surface area contributed by atoms with Gasteiger partial charge < -0.3 is 24.3 Å². The van der Waals surface area contributed by atoms with E-state index in [1.807, 2.05) is 30.3 Å². The van der Waals surface area contributed by atoms with Gasteiger partial charge in [0, 0.05) is 13.5 Å². The molecule has 0 spiro atoms. The van der Waals surface area contributed by atoms with E-state index in [0.717, 1.165) is 5.56 Å². The van der Waals surface area contributed by atoms with Crippen LogP contribution in [0, 0.1) is 0 Å². The standard InChI is InChI=1S/C15H21NO6/c1-19-11-21-9-8-13(14(17)20-2)16-15(18)22-10-12-6-4-3-5-7-12/h3-7,13H,8-11H2,1-2H3,(H,16,18)/t13-/m0/s1. The number of carbonyl (C=O) groups excluding carboxylic acids is 2. The van der Waals surface area contributed by atoms with Crippen molar-refractivity contribution in [1.29, 1.82) is 0 Å². The fraction of sp³-hybridized carbons (Fsp3) is 0.467. The second-order valence-electron chi connectivity index (χ2n) is 4.39. The van der Waals surface area contributed by atoms with Crippen molar-refractivity contribution >= 4 is 12.1 Å². The van der Waals surface area contributed by atoms with Gasteiger partial charge in [0.15, 0.2) is 0 Å². The maximum Gasteiger partial charge on any atom is 0.408 e. The van der Waals surface area contributed by atoms with Crippen molar-refractivity contribution in [2.45, 2.75) is 19.1 Å². The average Bonchev–Trinajstić information content (AvgIpc) is 2.56. The van der Waals surface area contributed by atoms with Gasteiger partial charge in [-0.15, -0.1) is 0 Å². The summed E-state index contributed by atoms with van der Waals surface area (Å²) in [4.78, 5) is 23.3. The molecule has 1 atom stereocenters. The van der Waals surface area contributed by atoms with Gasteiger partial charge in [0.2, 0.25) is 0 Å². The van der Waals surface area contributed by atoms with Gasteiger partial charge in [0.1, 0.15) is 19.4 Å². The highest BCUT2D eigenvalue weighted by molar-refractivity contribution is 5.81. The van der Waals surface area contributed by atoms with Crippen LogP contribution in [0.4, 0.5) is 4.79 Å². The number of esters is 1. The van der Waals surface area contributed by atoms with E-state index in [4.69, 9.17) is 14.2 Å². The van der Waals surface area contributed by atoms with Crippen LogP contribution in [0.3, 0.4) is 0 Å². The molecule has 0 aromatic heterocycles. The molecule has 22 heavy (non-hydrogen) atoms. The Labute approximate surface area is 129 Å². The second-order valence-corrected chi connectivity index (χ2v) is 4.39. The Morgan fingerprint density at radius 2 is 1.91 bits per heavy atom. The van der Waals surface area contributed by atoms with Crippen molar-refractivity contribution in [3.63, 3.8) is 0 Å². The SMILES string of the molecule is COCOCC[C@H](NC(=O)OCc1ccccc1)C(=O)OC. The van der Waals surface area contributed by atoms with E-state index in [9.17, 15) is 9.59 Å². The number of hydrogen-bond donors (Lipinski definition) is 1. The number of hydrogen-bond acceptors (Lipinski definition) is 6. The summed E-state index contributed by atoms with van der Waals surface area (Å²) in [5.74, 6) is -0.558. The van der Waals surface area contributed by atoms with E-state index in [0.29, 0.717) is 0 Å². The Balaban J connectivity index is 2.39. The van der Waals surface area contributed by atoms with Crippen molar-refractivity contribution in [3.05, 3.63) is 35.9 Å². The first-order valence-electron chi connectivity index (χ1n) is 6.79. The van der Waals surface area contributed by atoms with E-state index >= 15 is 0 Å². The second kappa shape index (κ2) is 10.6. The Hall–Kier alpha value is -2.12. The Morgan fingerprint density at radius 1 is 1.18 bits per heavy atom. The summed E-state index contributed by atoms with van der Waals surface area (Å²) in [5, 5.41) is 2.46. The van der Waals surface area contributed by atoms with Crippen LogP contribution >= 0.6 is 0 Å². The van der Waals surface area contributed by atoms with Gasteiger partial charge >= 0.3 is 12.1 Å². The summed E-state index contributed by atoms with van der Waals surface area (Å²) in [5.41, 5.74) is 0.857. The first kappa shape index (κ1) is 17.9. The lowest BCUT2D eigenvalue weighted by atomic mass is 10.2. The number of alkyl carbamates (subject to hydrolysis) is 1. The summed E-state index contributed by atoms with van der Waals surface area (Å²) < 4.78 is 19.5. The van der Waals surface area contributed by atoms with Crippen molar-refractivity contribution in [2.24, 2.45) is 0 Å². The molecule has 0 radical (unpaired) electrons. The van der Waals surface area contributed by atoms with Crippen LogP contribution < -0.4 is 5.32 Å². The number of methoxy groups -OCH3 is 2. The molecule has 0 saturated carbocycles. The molecular weight excluding hydrogens is 290 g/mol. The molecule has 7 heteroatoms. The number of benzene rings is 1. The highest BCUT2D eigenvalue weighted by Gasteiger charge is 2.22. The predicted molar refractivity (Wildman–Crippen MR) is 78.0 cm³/mol. The highest BCUT2D eigenvalue weighted by Crippen LogP contribution is 2.02. The first-order valence-corrected chi connectivity index (χ1v) is 6.79. The third kappa shape index (κ3) is 7.05. The fourth-order valence-corrected chi connectivity index (χ4v) is 1.64. The minimum absolute atomic E-state index is 0.117. The van der Waals surface area contributed by atoms with Gasteiger partial charge in [0.25, 0.3) is 0 Å². The Kier molecular flexibility index (Phi) is 8.63. The lowest BCUT2D eigenvalue weighted by Crippen LogP contribution is -2.42. The number of rotatable bonds is 9. The first-order chi connectivity index (χ1) is 10.7. The molecular formula is C15H21NO6. The summed E-state index contributed by atoms with van der Waals surface area (Å²) in [6.07, 6.45) is -0.429. The molecule has 0 aliphatic rings. The summed E-state index contributed by atoms with van der Waals surface area (Å²) in [6, 6.07) is 8.41. The van der Waals surface area contributed by atoms with E-state index < -0.39 is 18.1 Å². The molecule has 7 nitrogen and oxygen atoms in total. The maximum absolute atomic E-state index is 11.7. The Bertz CT molecular complexity index is 451. The predicted octanol–water partition coefficient (Wildman–Crippen LogP) is 1.46. The zero-order valence-corrected chi connectivity index (χ0v) is 12.7. The van der Waals surface area contributed by atoms with Crippen LogP contribution in [0.15, 0.2) is 30.3 Å². The zero-order valence-electron chi connectivity index (χ0n) is 12.7. The van der Waals surface area contributed by atoms with Crippen molar-refractivity contribution in [3.8, 4) is 0 Å². The third-order valence-electron chi connectivity index (χ3n) is 2.74. The van der Waals surface area contributed by atoms with E-state index in [2.05, 4.69) is 10.1 Å². The monoisotopic (exact) mass is 311 g/mol. The molecule has 1 aromatic carbocycles. The number of ether oxygens (including phenoxy) is 4.